The zero-order chi connectivity index (χ0) is 21.3. The van der Waals surface area contributed by atoms with E-state index < -0.39 is 30.4 Å². The normalized spacial score (nSPS) is 13.9. The SMILES string of the molecule is CN(CC(=O)Nc1ccc2c(c1)C(=O)N(C)C2=O)Cc1nccn1CC(F)(F)F. The van der Waals surface area contributed by atoms with E-state index in [1.165, 1.54) is 42.5 Å². The van der Waals surface area contributed by atoms with E-state index in [2.05, 4.69) is 10.3 Å². The minimum Gasteiger partial charge on any atom is -0.325 e. The lowest BCUT2D eigenvalue weighted by Gasteiger charge is -2.17. The molecule has 1 N–H and O–H groups in total. The van der Waals surface area contributed by atoms with Crippen LogP contribution in [0.15, 0.2) is 30.6 Å². The Hall–Kier alpha value is -3.21. The van der Waals surface area contributed by atoms with E-state index >= 15 is 0 Å². The highest BCUT2D eigenvalue weighted by molar-refractivity contribution is 6.21. The molecule has 0 saturated carbocycles. The molecule has 0 atom stereocenters. The van der Waals surface area contributed by atoms with Gasteiger partial charge in [0.05, 0.1) is 24.2 Å². The van der Waals surface area contributed by atoms with Gasteiger partial charge in [0.15, 0.2) is 0 Å². The number of carbonyl (C=O) groups is 3. The summed E-state index contributed by atoms with van der Waals surface area (Å²) >= 11 is 0. The number of fused-ring (bicyclic) bond motifs is 1. The largest absolute Gasteiger partial charge is 0.406 e. The molecule has 3 rings (SSSR count). The Labute approximate surface area is 163 Å². The molecule has 0 fully saturated rings. The number of hydrogen-bond donors (Lipinski definition) is 1. The smallest absolute Gasteiger partial charge is 0.325 e. The van der Waals surface area contributed by atoms with Gasteiger partial charge < -0.3 is 9.88 Å². The van der Waals surface area contributed by atoms with E-state index in [9.17, 15) is 27.6 Å². The number of imide groups is 1. The highest BCUT2D eigenvalue weighted by atomic mass is 19.4. The molecule has 11 heteroatoms. The van der Waals surface area contributed by atoms with Gasteiger partial charge in [-0.1, -0.05) is 0 Å². The van der Waals surface area contributed by atoms with Crippen molar-refractivity contribution in [3.63, 3.8) is 0 Å². The Kier molecular flexibility index (Phi) is 5.42. The maximum Gasteiger partial charge on any atom is 0.406 e. The molecule has 1 aromatic heterocycles. The van der Waals surface area contributed by atoms with E-state index in [1.54, 1.807) is 7.05 Å². The molecule has 1 aromatic carbocycles. The average molecular weight is 409 g/mol. The molecule has 8 nitrogen and oxygen atoms in total. The molecule has 0 bridgehead atoms. The number of halogens is 3. The summed E-state index contributed by atoms with van der Waals surface area (Å²) in [5, 5.41) is 2.62. The first-order valence-electron chi connectivity index (χ1n) is 8.57. The molecule has 2 heterocycles. The Bertz CT molecular complexity index is 970. The molecule has 0 radical (unpaired) electrons. The predicted molar refractivity (Wildman–Crippen MR) is 96.1 cm³/mol. The fourth-order valence-electron chi connectivity index (χ4n) is 3.01. The van der Waals surface area contributed by atoms with Crippen molar-refractivity contribution in [2.24, 2.45) is 0 Å². The zero-order valence-electron chi connectivity index (χ0n) is 15.7. The first-order chi connectivity index (χ1) is 13.5. The number of hydrogen-bond acceptors (Lipinski definition) is 5. The van der Waals surface area contributed by atoms with Crippen LogP contribution in [-0.2, 0) is 17.9 Å². The third-order valence-corrected chi connectivity index (χ3v) is 4.35. The zero-order valence-corrected chi connectivity index (χ0v) is 15.7. The van der Waals surface area contributed by atoms with Crippen LogP contribution < -0.4 is 5.32 Å². The highest BCUT2D eigenvalue weighted by Gasteiger charge is 2.33. The van der Waals surface area contributed by atoms with Crippen molar-refractivity contribution in [3.05, 3.63) is 47.5 Å². The second-order valence-electron chi connectivity index (χ2n) is 6.74. The third-order valence-electron chi connectivity index (χ3n) is 4.35. The molecule has 1 aliphatic heterocycles. The Morgan fingerprint density at radius 2 is 1.90 bits per heavy atom. The van der Waals surface area contributed by atoms with Crippen molar-refractivity contribution < 1.29 is 27.6 Å². The minimum atomic E-state index is -4.37. The number of amides is 3. The van der Waals surface area contributed by atoms with Gasteiger partial charge in [-0.3, -0.25) is 24.2 Å². The number of rotatable bonds is 6. The lowest BCUT2D eigenvalue weighted by atomic mass is 10.1. The maximum absolute atomic E-state index is 12.6. The standard InChI is InChI=1S/C18H18F3N5O3/c1-24(8-14-22-5-6-26(14)10-18(19,20)21)9-15(27)23-11-3-4-12-13(7-11)17(29)25(2)16(12)28/h3-7H,8-10H2,1-2H3,(H,23,27). The lowest BCUT2D eigenvalue weighted by molar-refractivity contribution is -0.141. The van der Waals surface area contributed by atoms with Crippen LogP contribution in [0.4, 0.5) is 18.9 Å². The number of alkyl halides is 3. The van der Waals surface area contributed by atoms with Crippen molar-refractivity contribution in [1.82, 2.24) is 19.4 Å². The molecular weight excluding hydrogens is 391 g/mol. The Morgan fingerprint density at radius 3 is 2.59 bits per heavy atom. The van der Waals surface area contributed by atoms with Crippen LogP contribution in [0.1, 0.15) is 26.5 Å². The maximum atomic E-state index is 12.6. The summed E-state index contributed by atoms with van der Waals surface area (Å²) < 4.78 is 38.7. The van der Waals surface area contributed by atoms with Crippen LogP contribution in [-0.4, -0.2) is 63.9 Å². The summed E-state index contributed by atoms with van der Waals surface area (Å²) in [4.78, 5) is 42.6. The number of imidazole rings is 1. The van der Waals surface area contributed by atoms with E-state index in [0.29, 0.717) is 5.69 Å². The minimum absolute atomic E-state index is 0.0401. The summed E-state index contributed by atoms with van der Waals surface area (Å²) in [6, 6.07) is 4.40. The number of nitrogens with zero attached hydrogens (tertiary/aromatic N) is 4. The number of nitrogens with one attached hydrogen (secondary N) is 1. The van der Waals surface area contributed by atoms with Crippen molar-refractivity contribution in [3.8, 4) is 0 Å². The van der Waals surface area contributed by atoms with Crippen LogP contribution in [0.5, 0.6) is 0 Å². The van der Waals surface area contributed by atoms with E-state index in [4.69, 9.17) is 0 Å². The molecule has 0 unspecified atom stereocenters. The number of aromatic nitrogens is 2. The average Bonchev–Trinajstić information content (AvgIpc) is 3.11. The number of benzene rings is 1. The van der Waals surface area contributed by atoms with E-state index in [1.807, 2.05) is 0 Å². The second kappa shape index (κ2) is 7.66. The third kappa shape index (κ3) is 4.62. The fourth-order valence-corrected chi connectivity index (χ4v) is 3.01. The predicted octanol–water partition coefficient (Wildman–Crippen LogP) is 1.74. The van der Waals surface area contributed by atoms with E-state index in [0.717, 1.165) is 9.47 Å². The molecule has 0 saturated heterocycles. The van der Waals surface area contributed by atoms with Gasteiger partial charge in [-0.05, 0) is 25.2 Å². The molecule has 2 aromatic rings. The lowest BCUT2D eigenvalue weighted by Crippen LogP contribution is -2.31. The van der Waals surface area contributed by atoms with Gasteiger partial charge in [-0.25, -0.2) is 4.98 Å². The van der Waals surface area contributed by atoms with Gasteiger partial charge in [0.2, 0.25) is 5.91 Å². The highest BCUT2D eigenvalue weighted by Crippen LogP contribution is 2.24. The monoisotopic (exact) mass is 409 g/mol. The van der Waals surface area contributed by atoms with Crippen LogP contribution in [0, 0.1) is 0 Å². The summed E-state index contributed by atoms with van der Waals surface area (Å²) in [5.74, 6) is -1.10. The summed E-state index contributed by atoms with van der Waals surface area (Å²) in [5.41, 5.74) is 0.819. The topological polar surface area (TPSA) is 87.5 Å². The van der Waals surface area contributed by atoms with Crippen LogP contribution in [0.25, 0.3) is 0 Å². The van der Waals surface area contributed by atoms with Gasteiger partial charge in [0, 0.05) is 25.1 Å². The molecule has 154 valence electrons. The van der Waals surface area contributed by atoms with Gasteiger partial charge in [-0.2, -0.15) is 13.2 Å². The first kappa shape index (κ1) is 20.5. The van der Waals surface area contributed by atoms with E-state index in [-0.39, 0.29) is 30.0 Å². The van der Waals surface area contributed by atoms with Crippen molar-refractivity contribution >= 4 is 23.4 Å². The van der Waals surface area contributed by atoms with Crippen LogP contribution >= 0.6 is 0 Å². The molecule has 1 aliphatic rings. The molecule has 29 heavy (non-hydrogen) atoms. The molecule has 0 aliphatic carbocycles. The van der Waals surface area contributed by atoms with Gasteiger partial charge in [-0.15, -0.1) is 0 Å². The molecule has 0 spiro atoms. The van der Waals surface area contributed by atoms with Gasteiger partial charge in [0.1, 0.15) is 12.4 Å². The second-order valence-corrected chi connectivity index (χ2v) is 6.74. The fraction of sp³-hybridized carbons (Fsp3) is 0.333. The van der Waals surface area contributed by atoms with Crippen molar-refractivity contribution in [1.29, 1.82) is 0 Å². The van der Waals surface area contributed by atoms with Crippen molar-refractivity contribution in [2.45, 2.75) is 19.3 Å². The van der Waals surface area contributed by atoms with Gasteiger partial charge >= 0.3 is 6.18 Å². The number of anilines is 1. The first-order valence-corrected chi connectivity index (χ1v) is 8.57. The quantitative estimate of drug-likeness (QED) is 0.735. The number of carbonyl (C=O) groups excluding carboxylic acids is 3. The summed E-state index contributed by atoms with van der Waals surface area (Å²) in [6.45, 7) is -1.22. The Balaban J connectivity index is 1.60. The summed E-state index contributed by atoms with van der Waals surface area (Å²) in [6.07, 6.45) is -1.86. The van der Waals surface area contributed by atoms with Gasteiger partial charge in [0.25, 0.3) is 11.8 Å². The summed E-state index contributed by atoms with van der Waals surface area (Å²) in [7, 11) is 2.95. The van der Waals surface area contributed by atoms with Crippen LogP contribution in [0.3, 0.4) is 0 Å². The molecular formula is C18H18F3N5O3. The van der Waals surface area contributed by atoms with Crippen molar-refractivity contribution in [2.75, 3.05) is 26.0 Å². The molecule has 3 amide bonds. The van der Waals surface area contributed by atoms with Crippen LogP contribution in [0.2, 0.25) is 0 Å². The number of likely N-dealkylation sites (N-methyl/N-ethyl adjacent to an activating group) is 1. The Morgan fingerprint density at radius 1 is 1.21 bits per heavy atom.